The minimum atomic E-state index is -0.574. The third-order valence-corrected chi connectivity index (χ3v) is 3.80. The Hall–Kier alpha value is -1.33. The molecule has 1 fully saturated rings. The number of nitrogens with one attached hydrogen (secondary N) is 1. The zero-order chi connectivity index (χ0) is 13.9. The Bertz CT molecular complexity index is 475. The van der Waals surface area contributed by atoms with Gasteiger partial charge < -0.3 is 15.2 Å². The van der Waals surface area contributed by atoms with Crippen LogP contribution in [0.1, 0.15) is 23.2 Å². The van der Waals surface area contributed by atoms with Gasteiger partial charge in [-0.2, -0.15) is 0 Å². The fourth-order valence-electron chi connectivity index (χ4n) is 2.05. The molecule has 1 saturated heterocycles. The molecular formula is C13H15ClFNO3. The van der Waals surface area contributed by atoms with Crippen LogP contribution in [0.5, 0.6) is 5.75 Å². The molecule has 6 heteroatoms. The number of rotatable bonds is 3. The first-order valence-corrected chi connectivity index (χ1v) is 6.54. The maximum atomic E-state index is 13.1. The Morgan fingerprint density at radius 3 is 2.79 bits per heavy atom. The van der Waals surface area contributed by atoms with E-state index in [1.165, 1.54) is 0 Å². The number of hydrogen-bond acceptors (Lipinski definition) is 3. The van der Waals surface area contributed by atoms with Crippen molar-refractivity contribution in [2.75, 3.05) is 19.1 Å². The van der Waals surface area contributed by atoms with Crippen molar-refractivity contribution in [2.24, 2.45) is 0 Å². The maximum absolute atomic E-state index is 13.1. The van der Waals surface area contributed by atoms with E-state index in [-0.39, 0.29) is 17.2 Å². The van der Waals surface area contributed by atoms with Gasteiger partial charge in [0.2, 0.25) is 0 Å². The van der Waals surface area contributed by atoms with Crippen molar-refractivity contribution in [1.29, 1.82) is 0 Å². The van der Waals surface area contributed by atoms with Gasteiger partial charge in [-0.3, -0.25) is 4.79 Å². The lowest BCUT2D eigenvalue weighted by Crippen LogP contribution is -2.53. The Balaban J connectivity index is 2.17. The molecule has 104 valence electrons. The fraction of sp³-hybridized carbons (Fsp3) is 0.462. The molecule has 0 saturated carbocycles. The summed E-state index contributed by atoms with van der Waals surface area (Å²) in [5.41, 5.74) is -0.647. The van der Waals surface area contributed by atoms with E-state index in [4.69, 9.17) is 16.3 Å². The smallest absolute Gasteiger partial charge is 0.255 e. The molecule has 19 heavy (non-hydrogen) atoms. The largest absolute Gasteiger partial charge is 0.507 e. The minimum Gasteiger partial charge on any atom is -0.507 e. The SMILES string of the molecule is O=C(NC1(CCl)CCOCC1)c1cc(F)ccc1O. The molecule has 1 aromatic carbocycles. The van der Waals surface area contributed by atoms with Gasteiger partial charge in [-0.1, -0.05) is 0 Å². The second kappa shape index (κ2) is 5.75. The molecule has 1 aromatic rings. The van der Waals surface area contributed by atoms with Crippen molar-refractivity contribution in [3.63, 3.8) is 0 Å². The van der Waals surface area contributed by atoms with Gasteiger partial charge in [-0.15, -0.1) is 11.6 Å². The summed E-state index contributed by atoms with van der Waals surface area (Å²) in [6, 6.07) is 3.26. The summed E-state index contributed by atoms with van der Waals surface area (Å²) >= 11 is 5.93. The van der Waals surface area contributed by atoms with Gasteiger partial charge in [0.1, 0.15) is 11.6 Å². The highest BCUT2D eigenvalue weighted by Gasteiger charge is 2.34. The van der Waals surface area contributed by atoms with Crippen LogP contribution in [-0.2, 0) is 4.74 Å². The van der Waals surface area contributed by atoms with E-state index in [0.717, 1.165) is 18.2 Å². The normalized spacial score (nSPS) is 18.0. The zero-order valence-corrected chi connectivity index (χ0v) is 11.0. The van der Waals surface area contributed by atoms with Crippen LogP contribution in [-0.4, -0.2) is 35.6 Å². The van der Waals surface area contributed by atoms with E-state index in [9.17, 15) is 14.3 Å². The Labute approximate surface area is 115 Å². The standard InChI is InChI=1S/C13H15ClFNO3/c14-8-13(3-5-19-6-4-13)16-12(18)10-7-9(15)1-2-11(10)17/h1-2,7,17H,3-6,8H2,(H,16,18). The van der Waals surface area contributed by atoms with Gasteiger partial charge in [0, 0.05) is 19.1 Å². The van der Waals surface area contributed by atoms with Gasteiger partial charge in [0.05, 0.1) is 11.1 Å². The van der Waals surface area contributed by atoms with Crippen molar-refractivity contribution in [2.45, 2.75) is 18.4 Å². The molecule has 4 nitrogen and oxygen atoms in total. The molecule has 0 aromatic heterocycles. The summed E-state index contributed by atoms with van der Waals surface area (Å²) in [6.07, 6.45) is 1.19. The van der Waals surface area contributed by atoms with Crippen LogP contribution >= 0.6 is 11.6 Å². The molecule has 0 aliphatic carbocycles. The Morgan fingerprint density at radius 2 is 2.16 bits per heavy atom. The van der Waals surface area contributed by atoms with Crippen LogP contribution in [0, 0.1) is 5.82 Å². The first-order valence-electron chi connectivity index (χ1n) is 6.01. The number of phenols is 1. The number of halogens is 2. The predicted octanol–water partition coefficient (Wildman–Crippen LogP) is 2.05. The first kappa shape index (κ1) is 14.1. The van der Waals surface area contributed by atoms with Gasteiger partial charge in [-0.05, 0) is 31.0 Å². The van der Waals surface area contributed by atoms with E-state index in [2.05, 4.69) is 5.32 Å². The summed E-state index contributed by atoms with van der Waals surface area (Å²) < 4.78 is 18.4. The second-order valence-corrected chi connectivity index (χ2v) is 4.91. The zero-order valence-electron chi connectivity index (χ0n) is 10.3. The molecule has 2 rings (SSSR count). The molecule has 1 heterocycles. The van der Waals surface area contributed by atoms with E-state index >= 15 is 0 Å². The maximum Gasteiger partial charge on any atom is 0.255 e. The number of alkyl halides is 1. The molecule has 0 bridgehead atoms. The number of hydrogen-bond donors (Lipinski definition) is 2. The average molecular weight is 288 g/mol. The van der Waals surface area contributed by atoms with Crippen LogP contribution in [0.4, 0.5) is 4.39 Å². The van der Waals surface area contributed by atoms with Crippen LogP contribution in [0.25, 0.3) is 0 Å². The number of amides is 1. The summed E-state index contributed by atoms with van der Waals surface area (Å²) in [7, 11) is 0. The number of phenolic OH excluding ortho intramolecular Hbond substituents is 1. The van der Waals surface area contributed by atoms with Gasteiger partial charge in [0.25, 0.3) is 5.91 Å². The monoisotopic (exact) mass is 287 g/mol. The highest BCUT2D eigenvalue weighted by molar-refractivity contribution is 6.19. The lowest BCUT2D eigenvalue weighted by molar-refractivity contribution is 0.0433. The number of aromatic hydroxyl groups is 1. The van der Waals surface area contributed by atoms with Gasteiger partial charge in [-0.25, -0.2) is 4.39 Å². The Kier molecular flexibility index (Phi) is 4.27. The van der Waals surface area contributed by atoms with Crippen molar-refractivity contribution >= 4 is 17.5 Å². The average Bonchev–Trinajstić information content (AvgIpc) is 2.42. The second-order valence-electron chi connectivity index (χ2n) is 4.64. The molecule has 1 amide bonds. The number of ether oxygens (including phenoxy) is 1. The van der Waals surface area contributed by atoms with Crippen molar-refractivity contribution < 1.29 is 19.0 Å². The molecule has 0 spiro atoms. The predicted molar refractivity (Wildman–Crippen MR) is 69.0 cm³/mol. The molecule has 0 unspecified atom stereocenters. The third-order valence-electron chi connectivity index (χ3n) is 3.29. The third kappa shape index (κ3) is 3.16. The van der Waals surface area contributed by atoms with Crippen LogP contribution in [0.3, 0.4) is 0 Å². The highest BCUT2D eigenvalue weighted by Crippen LogP contribution is 2.24. The summed E-state index contributed by atoms with van der Waals surface area (Å²) in [5.74, 6) is -1.11. The van der Waals surface area contributed by atoms with Gasteiger partial charge in [0.15, 0.2) is 0 Å². The van der Waals surface area contributed by atoms with Crippen molar-refractivity contribution in [3.05, 3.63) is 29.6 Å². The molecule has 2 N–H and O–H groups in total. The quantitative estimate of drug-likeness (QED) is 0.837. The molecule has 0 radical (unpaired) electrons. The fourth-order valence-corrected chi connectivity index (χ4v) is 2.39. The molecule has 1 aliphatic rings. The summed E-state index contributed by atoms with van der Waals surface area (Å²) in [5, 5.41) is 12.4. The molecule has 1 aliphatic heterocycles. The number of carbonyl (C=O) groups is 1. The number of benzene rings is 1. The van der Waals surface area contributed by atoms with Crippen LogP contribution in [0.2, 0.25) is 0 Å². The lowest BCUT2D eigenvalue weighted by Gasteiger charge is -2.36. The lowest BCUT2D eigenvalue weighted by atomic mass is 9.91. The highest BCUT2D eigenvalue weighted by atomic mass is 35.5. The van der Waals surface area contributed by atoms with E-state index < -0.39 is 17.3 Å². The minimum absolute atomic E-state index is 0.0871. The topological polar surface area (TPSA) is 58.6 Å². The van der Waals surface area contributed by atoms with E-state index in [0.29, 0.717) is 26.1 Å². The number of carbonyl (C=O) groups excluding carboxylic acids is 1. The van der Waals surface area contributed by atoms with Crippen molar-refractivity contribution in [1.82, 2.24) is 5.32 Å². The summed E-state index contributed by atoms with van der Waals surface area (Å²) in [4.78, 5) is 12.1. The molecular weight excluding hydrogens is 273 g/mol. The first-order chi connectivity index (χ1) is 9.06. The van der Waals surface area contributed by atoms with E-state index in [1.807, 2.05) is 0 Å². The Morgan fingerprint density at radius 1 is 1.47 bits per heavy atom. The van der Waals surface area contributed by atoms with E-state index in [1.54, 1.807) is 0 Å². The van der Waals surface area contributed by atoms with Crippen LogP contribution in [0.15, 0.2) is 18.2 Å². The molecule has 0 atom stereocenters. The van der Waals surface area contributed by atoms with Crippen molar-refractivity contribution in [3.8, 4) is 5.75 Å². The van der Waals surface area contributed by atoms with Gasteiger partial charge >= 0.3 is 0 Å². The van der Waals surface area contributed by atoms with Crippen LogP contribution < -0.4 is 5.32 Å². The summed E-state index contributed by atoms with van der Waals surface area (Å²) in [6.45, 7) is 1.03.